The number of carboxylic acids is 2. The maximum atomic E-state index is 12.5. The number of anilines is 1. The van der Waals surface area contributed by atoms with Gasteiger partial charge in [-0.2, -0.15) is 10.2 Å². The minimum absolute atomic E-state index is 0.194. The van der Waals surface area contributed by atoms with Crippen molar-refractivity contribution in [1.82, 2.24) is 20.0 Å². The molecule has 0 saturated heterocycles. The van der Waals surface area contributed by atoms with E-state index in [1.807, 2.05) is 37.2 Å². The number of carbonyl (C=O) groups is 2. The van der Waals surface area contributed by atoms with Crippen molar-refractivity contribution in [1.29, 1.82) is 0 Å². The lowest BCUT2D eigenvalue weighted by molar-refractivity contribution is 0.0677. The molecule has 11 nitrogen and oxygen atoms in total. The van der Waals surface area contributed by atoms with Crippen LogP contribution < -0.4 is 15.8 Å². The summed E-state index contributed by atoms with van der Waals surface area (Å²) < 4.78 is 1.26. The van der Waals surface area contributed by atoms with Crippen LogP contribution in [-0.4, -0.2) is 56.2 Å². The zero-order valence-corrected chi connectivity index (χ0v) is 27.4. The van der Waals surface area contributed by atoms with E-state index in [1.165, 1.54) is 34.2 Å². The monoisotopic (exact) mass is 717 g/mol. The highest BCUT2D eigenvalue weighted by molar-refractivity contribution is 7.16. The number of hydrogen-bond donors (Lipinski definition) is 3. The van der Waals surface area contributed by atoms with E-state index in [2.05, 4.69) is 15.3 Å². The van der Waals surface area contributed by atoms with Crippen LogP contribution in [0.4, 0.5) is 5.69 Å². The molecule has 0 aliphatic heterocycles. The predicted molar refractivity (Wildman–Crippen MR) is 181 cm³/mol. The van der Waals surface area contributed by atoms with Gasteiger partial charge in [0.05, 0.1) is 26.3 Å². The third kappa shape index (κ3) is 6.30. The Hall–Kier alpha value is -4.46. The van der Waals surface area contributed by atoms with Crippen LogP contribution in [0.3, 0.4) is 0 Å². The van der Waals surface area contributed by atoms with E-state index in [-0.39, 0.29) is 26.5 Å². The molecular weight excluding hydrogens is 700 g/mol. The fourth-order valence-electron chi connectivity index (χ4n) is 4.49. The van der Waals surface area contributed by atoms with Crippen LogP contribution in [0.2, 0.25) is 20.1 Å². The van der Waals surface area contributed by atoms with Gasteiger partial charge in [0.2, 0.25) is 22.2 Å². The largest absolute Gasteiger partial charge is 0.476 e. The molecule has 0 saturated carbocycles. The number of rotatable bonds is 5. The molecule has 0 aliphatic carbocycles. The molecule has 6 rings (SSSR count). The second-order valence-electron chi connectivity index (χ2n) is 9.78. The Morgan fingerprint density at radius 1 is 0.848 bits per heavy atom. The molecule has 3 aromatic carbocycles. The lowest BCUT2D eigenvalue weighted by Crippen LogP contribution is -2.21. The van der Waals surface area contributed by atoms with E-state index in [9.17, 15) is 19.2 Å². The fourth-order valence-corrected chi connectivity index (χ4v) is 6.51. The van der Waals surface area contributed by atoms with Crippen LogP contribution >= 0.6 is 57.7 Å². The Bertz CT molecular complexity index is 2300. The molecule has 0 unspecified atom stereocenters. The number of benzene rings is 3. The lowest BCUT2D eigenvalue weighted by Gasteiger charge is -2.16. The molecule has 0 radical (unpaired) electrons. The number of nitrogens with one attached hydrogen (secondary N) is 1. The minimum Gasteiger partial charge on any atom is -0.476 e. The predicted octanol–water partition coefficient (Wildman–Crippen LogP) is 7.11. The molecular formula is C30H19Cl4N5O6S. The first-order valence-corrected chi connectivity index (χ1v) is 15.3. The summed E-state index contributed by atoms with van der Waals surface area (Å²) in [5.41, 5.74) is 0.621. The normalized spacial score (nSPS) is 10.9. The van der Waals surface area contributed by atoms with Gasteiger partial charge in [0.25, 0.3) is 0 Å². The van der Waals surface area contributed by atoms with Gasteiger partial charge in [-0.3, -0.25) is 14.7 Å². The van der Waals surface area contributed by atoms with Crippen LogP contribution in [0.5, 0.6) is 0 Å². The molecule has 0 fully saturated rings. The average molecular weight is 719 g/mol. The number of fused-ring (bicyclic) bond motifs is 2. The van der Waals surface area contributed by atoms with Crippen molar-refractivity contribution in [3.05, 3.63) is 112 Å². The summed E-state index contributed by atoms with van der Waals surface area (Å²) in [6, 6.07) is 15.2. The van der Waals surface area contributed by atoms with Gasteiger partial charge in [0.1, 0.15) is 10.5 Å². The van der Waals surface area contributed by atoms with Gasteiger partial charge in [-0.1, -0.05) is 58.5 Å². The summed E-state index contributed by atoms with van der Waals surface area (Å²) in [7, 11) is 3.69. The molecule has 0 bridgehead atoms. The number of aromatic nitrogens is 4. The van der Waals surface area contributed by atoms with Gasteiger partial charge in [-0.15, -0.1) is 11.3 Å². The van der Waals surface area contributed by atoms with E-state index in [4.69, 9.17) is 56.6 Å². The SMILES string of the molecule is CN(C)c1cc(-c2cccc(Cl)c2)c2[nH]nc(C(=O)O)c(=O)c2c1.O=C(O)c1nn(-c2c(Cl)cc(Cl)cc2Cl)c2sccc2c1=O. The van der Waals surface area contributed by atoms with Gasteiger partial charge in [0.15, 0.2) is 0 Å². The van der Waals surface area contributed by atoms with E-state index in [0.717, 1.165) is 16.8 Å². The number of halogens is 4. The number of nitrogens with zero attached hydrogens (tertiary/aromatic N) is 4. The first kappa shape index (κ1) is 32.9. The topological polar surface area (TPSA) is 158 Å². The van der Waals surface area contributed by atoms with E-state index in [0.29, 0.717) is 20.4 Å². The number of H-pyrrole nitrogens is 1. The molecule has 3 heterocycles. The van der Waals surface area contributed by atoms with Crippen molar-refractivity contribution in [2.45, 2.75) is 0 Å². The zero-order chi connectivity index (χ0) is 33.4. The summed E-state index contributed by atoms with van der Waals surface area (Å²) in [5.74, 6) is -2.79. The van der Waals surface area contributed by atoms with Crippen LogP contribution in [0.25, 0.3) is 37.9 Å². The van der Waals surface area contributed by atoms with Gasteiger partial charge in [-0.25, -0.2) is 14.3 Å². The second kappa shape index (κ2) is 13.1. The summed E-state index contributed by atoms with van der Waals surface area (Å²) in [6.07, 6.45) is 0. The molecule has 16 heteroatoms. The molecule has 234 valence electrons. The third-order valence-corrected chi connectivity index (χ3v) is 8.53. The number of aromatic carboxylic acids is 2. The molecule has 3 aromatic heterocycles. The molecule has 0 spiro atoms. The van der Waals surface area contributed by atoms with E-state index >= 15 is 0 Å². The van der Waals surface area contributed by atoms with Gasteiger partial charge < -0.3 is 15.1 Å². The highest BCUT2D eigenvalue weighted by Crippen LogP contribution is 2.34. The summed E-state index contributed by atoms with van der Waals surface area (Å²) in [5, 5.41) is 32.0. The second-order valence-corrected chi connectivity index (χ2v) is 12.4. The molecule has 3 N–H and O–H groups in total. The Morgan fingerprint density at radius 2 is 1.50 bits per heavy atom. The van der Waals surface area contributed by atoms with Crippen molar-refractivity contribution in [2.24, 2.45) is 0 Å². The van der Waals surface area contributed by atoms with Gasteiger partial charge >= 0.3 is 11.9 Å². The molecule has 46 heavy (non-hydrogen) atoms. The summed E-state index contributed by atoms with van der Waals surface area (Å²) in [4.78, 5) is 49.3. The van der Waals surface area contributed by atoms with Crippen LogP contribution in [0.1, 0.15) is 21.0 Å². The van der Waals surface area contributed by atoms with E-state index < -0.39 is 34.2 Å². The Morgan fingerprint density at radius 3 is 2.11 bits per heavy atom. The molecule has 6 aromatic rings. The van der Waals surface area contributed by atoms with Gasteiger partial charge in [-0.05, 0) is 53.4 Å². The quantitative estimate of drug-likeness (QED) is 0.169. The van der Waals surface area contributed by atoms with E-state index in [1.54, 1.807) is 23.6 Å². The first-order chi connectivity index (χ1) is 21.8. The van der Waals surface area contributed by atoms with Crippen molar-refractivity contribution >= 4 is 96.5 Å². The Kier molecular flexibility index (Phi) is 9.38. The minimum atomic E-state index is -1.42. The molecule has 0 atom stereocenters. The van der Waals surface area contributed by atoms with Crippen molar-refractivity contribution in [3.8, 4) is 16.8 Å². The smallest absolute Gasteiger partial charge is 0.360 e. The number of hydrogen-bond acceptors (Lipinski definition) is 8. The Balaban J connectivity index is 0.000000182. The van der Waals surface area contributed by atoms with Crippen LogP contribution in [-0.2, 0) is 0 Å². The number of aromatic amines is 1. The maximum absolute atomic E-state index is 12.5. The molecule has 0 aliphatic rings. The van der Waals surface area contributed by atoms with Crippen molar-refractivity contribution < 1.29 is 19.8 Å². The summed E-state index contributed by atoms with van der Waals surface area (Å²) in [6.45, 7) is 0. The van der Waals surface area contributed by atoms with Crippen LogP contribution in [0, 0.1) is 0 Å². The fraction of sp³-hybridized carbons (Fsp3) is 0.0667. The van der Waals surface area contributed by atoms with Crippen LogP contribution in [0.15, 0.2) is 69.6 Å². The first-order valence-electron chi connectivity index (χ1n) is 12.9. The standard InChI is InChI=1S/C17H14ClN3O3.C13H5Cl3N2O3S/c1-21(2)11-7-12(9-4-3-5-10(18)6-9)14-13(8-11)16(22)15(17(23)24)20-19-14;14-5-3-7(15)10(8(16)4-5)18-12-6(1-2-22-12)11(19)9(17-18)13(20)21/h3-8H,1-2H3,(H,19,22)(H,23,24);1-4H,(H,20,21). The third-order valence-electron chi connectivity index (χ3n) is 6.61. The number of carboxylic acid groups (broad SMARTS) is 2. The Labute approximate surface area is 282 Å². The number of thiophene rings is 1. The summed E-state index contributed by atoms with van der Waals surface area (Å²) >= 11 is 25.5. The van der Waals surface area contributed by atoms with Gasteiger partial charge in [0, 0.05) is 35.4 Å². The average Bonchev–Trinajstić information content (AvgIpc) is 3.48. The molecule has 0 amide bonds. The highest BCUT2D eigenvalue weighted by atomic mass is 35.5. The van der Waals surface area contributed by atoms with Crippen molar-refractivity contribution in [3.63, 3.8) is 0 Å². The highest BCUT2D eigenvalue weighted by Gasteiger charge is 2.21. The van der Waals surface area contributed by atoms with Crippen molar-refractivity contribution in [2.75, 3.05) is 19.0 Å². The maximum Gasteiger partial charge on any atom is 0.360 e. The lowest BCUT2D eigenvalue weighted by atomic mass is 10.0. The zero-order valence-electron chi connectivity index (χ0n) is 23.5.